The lowest BCUT2D eigenvalue weighted by Gasteiger charge is -2.22. The Kier molecular flexibility index (Phi) is 8.67. The first-order valence-electron chi connectivity index (χ1n) is 8.07. The molecule has 1 unspecified atom stereocenters. The summed E-state index contributed by atoms with van der Waals surface area (Å²) >= 11 is 0. The highest BCUT2D eigenvalue weighted by atomic mass is 16.2. The highest BCUT2D eigenvalue weighted by molar-refractivity contribution is 5.76. The Bertz CT molecular complexity index is 388. The van der Waals surface area contributed by atoms with E-state index < -0.39 is 0 Å². The summed E-state index contributed by atoms with van der Waals surface area (Å²) in [5, 5.41) is 0. The van der Waals surface area contributed by atoms with Crippen LogP contribution in [-0.4, -0.2) is 28.9 Å². The monoisotopic (exact) mass is 291 g/mol. The zero-order chi connectivity index (χ0) is 15.5. The average molecular weight is 291 g/mol. The second-order valence-corrected chi connectivity index (χ2v) is 5.53. The lowest BCUT2D eigenvalue weighted by molar-refractivity contribution is -0.132. The van der Waals surface area contributed by atoms with Gasteiger partial charge in [-0.15, -0.1) is 0 Å². The first-order chi connectivity index (χ1) is 10.2. The van der Waals surface area contributed by atoms with Crippen molar-refractivity contribution in [1.29, 1.82) is 0 Å². The third kappa shape index (κ3) is 6.71. The Hall–Kier alpha value is -1.42. The number of carbonyl (C=O) groups is 1. The standard InChI is InChI=1S/C17H29N3O/c1-3-5-15(8-11-18)6-7-17(21)20(4-2)14-16-9-12-19-13-10-16/h9-10,12-13,15H,3-8,11,14,18H2,1-2H3. The van der Waals surface area contributed by atoms with Crippen molar-refractivity contribution < 1.29 is 4.79 Å². The zero-order valence-electron chi connectivity index (χ0n) is 13.4. The van der Waals surface area contributed by atoms with E-state index in [9.17, 15) is 4.79 Å². The maximum absolute atomic E-state index is 12.4. The highest BCUT2D eigenvalue weighted by Gasteiger charge is 2.15. The first-order valence-corrected chi connectivity index (χ1v) is 8.07. The minimum atomic E-state index is 0.243. The predicted octanol–water partition coefficient (Wildman–Crippen LogP) is 2.98. The summed E-state index contributed by atoms with van der Waals surface area (Å²) in [5.41, 5.74) is 6.78. The highest BCUT2D eigenvalue weighted by Crippen LogP contribution is 2.18. The van der Waals surface area contributed by atoms with Crippen LogP contribution in [0.25, 0.3) is 0 Å². The van der Waals surface area contributed by atoms with Crippen molar-refractivity contribution in [2.75, 3.05) is 13.1 Å². The molecule has 0 aromatic carbocycles. The van der Waals surface area contributed by atoms with E-state index in [1.165, 1.54) is 6.42 Å². The van der Waals surface area contributed by atoms with Crippen LogP contribution in [0.1, 0.15) is 51.5 Å². The van der Waals surface area contributed by atoms with Gasteiger partial charge < -0.3 is 10.6 Å². The van der Waals surface area contributed by atoms with Gasteiger partial charge in [-0.3, -0.25) is 9.78 Å². The van der Waals surface area contributed by atoms with E-state index in [0.717, 1.165) is 31.4 Å². The van der Waals surface area contributed by atoms with Crippen LogP contribution in [0.15, 0.2) is 24.5 Å². The summed E-state index contributed by atoms with van der Waals surface area (Å²) < 4.78 is 0. The summed E-state index contributed by atoms with van der Waals surface area (Å²) in [5.74, 6) is 0.830. The van der Waals surface area contributed by atoms with Gasteiger partial charge in [-0.1, -0.05) is 19.8 Å². The molecule has 0 aliphatic carbocycles. The van der Waals surface area contributed by atoms with Gasteiger partial charge in [0.05, 0.1) is 0 Å². The van der Waals surface area contributed by atoms with Crippen LogP contribution in [0.3, 0.4) is 0 Å². The second-order valence-electron chi connectivity index (χ2n) is 5.53. The molecule has 0 saturated carbocycles. The van der Waals surface area contributed by atoms with Crippen molar-refractivity contribution in [3.63, 3.8) is 0 Å². The van der Waals surface area contributed by atoms with Gasteiger partial charge in [0.2, 0.25) is 5.91 Å². The SMILES string of the molecule is CCCC(CCN)CCC(=O)N(CC)Cc1ccncc1. The van der Waals surface area contributed by atoms with Crippen LogP contribution in [0.4, 0.5) is 0 Å². The Morgan fingerprint density at radius 3 is 2.52 bits per heavy atom. The number of carbonyl (C=O) groups excluding carboxylic acids is 1. The third-order valence-electron chi connectivity index (χ3n) is 3.90. The van der Waals surface area contributed by atoms with Crippen molar-refractivity contribution in [2.45, 2.75) is 52.5 Å². The number of nitrogens with two attached hydrogens (primary N) is 1. The Morgan fingerprint density at radius 1 is 1.24 bits per heavy atom. The Morgan fingerprint density at radius 2 is 1.95 bits per heavy atom. The number of amides is 1. The number of hydrogen-bond acceptors (Lipinski definition) is 3. The third-order valence-corrected chi connectivity index (χ3v) is 3.90. The van der Waals surface area contributed by atoms with Gasteiger partial charge in [0.25, 0.3) is 0 Å². The van der Waals surface area contributed by atoms with Crippen LogP contribution in [0, 0.1) is 5.92 Å². The second kappa shape index (κ2) is 10.3. The molecule has 1 rings (SSSR count). The zero-order valence-corrected chi connectivity index (χ0v) is 13.4. The minimum absolute atomic E-state index is 0.243. The van der Waals surface area contributed by atoms with Crippen LogP contribution < -0.4 is 5.73 Å². The van der Waals surface area contributed by atoms with E-state index in [4.69, 9.17) is 5.73 Å². The van der Waals surface area contributed by atoms with Gasteiger partial charge in [-0.25, -0.2) is 0 Å². The molecular weight excluding hydrogens is 262 g/mol. The first kappa shape index (κ1) is 17.6. The molecule has 1 aromatic rings. The van der Waals surface area contributed by atoms with Crippen LogP contribution in [-0.2, 0) is 11.3 Å². The van der Waals surface area contributed by atoms with Crippen molar-refractivity contribution in [1.82, 2.24) is 9.88 Å². The number of pyridine rings is 1. The predicted molar refractivity (Wildman–Crippen MR) is 86.6 cm³/mol. The Balaban J connectivity index is 2.47. The van der Waals surface area contributed by atoms with E-state index in [0.29, 0.717) is 25.4 Å². The fourth-order valence-electron chi connectivity index (χ4n) is 2.65. The molecular formula is C17H29N3O. The van der Waals surface area contributed by atoms with Crippen molar-refractivity contribution >= 4 is 5.91 Å². The molecule has 118 valence electrons. The molecule has 1 amide bonds. The van der Waals surface area contributed by atoms with E-state index in [-0.39, 0.29) is 5.91 Å². The normalized spacial score (nSPS) is 12.1. The summed E-state index contributed by atoms with van der Waals surface area (Å²) in [6, 6.07) is 3.93. The van der Waals surface area contributed by atoms with Gasteiger partial charge in [0, 0.05) is 31.9 Å². The van der Waals surface area contributed by atoms with Gasteiger partial charge in [0.1, 0.15) is 0 Å². The minimum Gasteiger partial charge on any atom is -0.339 e. The maximum Gasteiger partial charge on any atom is 0.222 e. The molecule has 1 aromatic heterocycles. The van der Waals surface area contributed by atoms with Gasteiger partial charge in [-0.2, -0.15) is 0 Å². The average Bonchev–Trinajstić information content (AvgIpc) is 2.51. The largest absolute Gasteiger partial charge is 0.339 e. The molecule has 1 atom stereocenters. The molecule has 2 N–H and O–H groups in total. The molecule has 0 aliphatic rings. The van der Waals surface area contributed by atoms with Crippen LogP contribution in [0.2, 0.25) is 0 Å². The molecule has 4 heteroatoms. The molecule has 0 fully saturated rings. The molecule has 4 nitrogen and oxygen atoms in total. The summed E-state index contributed by atoms with van der Waals surface area (Å²) in [6.45, 7) is 6.35. The van der Waals surface area contributed by atoms with Crippen molar-refractivity contribution in [2.24, 2.45) is 11.7 Å². The number of nitrogens with zero attached hydrogens (tertiary/aromatic N) is 2. The topological polar surface area (TPSA) is 59.2 Å². The molecule has 0 radical (unpaired) electrons. The van der Waals surface area contributed by atoms with Crippen LogP contribution in [0.5, 0.6) is 0 Å². The quantitative estimate of drug-likeness (QED) is 0.721. The maximum atomic E-state index is 12.4. The fourth-order valence-corrected chi connectivity index (χ4v) is 2.65. The van der Waals surface area contributed by atoms with Gasteiger partial charge in [0.15, 0.2) is 0 Å². The summed E-state index contributed by atoms with van der Waals surface area (Å²) in [4.78, 5) is 18.3. The number of rotatable bonds is 10. The van der Waals surface area contributed by atoms with Crippen LogP contribution >= 0.6 is 0 Å². The molecule has 0 aliphatic heterocycles. The van der Waals surface area contributed by atoms with Crippen molar-refractivity contribution in [3.8, 4) is 0 Å². The molecule has 1 heterocycles. The van der Waals surface area contributed by atoms with E-state index in [2.05, 4.69) is 11.9 Å². The van der Waals surface area contributed by atoms with Gasteiger partial charge in [-0.05, 0) is 49.9 Å². The van der Waals surface area contributed by atoms with E-state index in [1.54, 1.807) is 12.4 Å². The Labute approximate surface area is 128 Å². The number of hydrogen-bond donors (Lipinski definition) is 1. The number of aromatic nitrogens is 1. The van der Waals surface area contributed by atoms with E-state index in [1.807, 2.05) is 24.0 Å². The molecule has 0 saturated heterocycles. The van der Waals surface area contributed by atoms with Crippen molar-refractivity contribution in [3.05, 3.63) is 30.1 Å². The smallest absolute Gasteiger partial charge is 0.222 e. The lowest BCUT2D eigenvalue weighted by Crippen LogP contribution is -2.30. The lowest BCUT2D eigenvalue weighted by atomic mass is 9.94. The molecule has 21 heavy (non-hydrogen) atoms. The summed E-state index contributed by atoms with van der Waals surface area (Å²) in [6.07, 6.45) is 8.48. The fraction of sp³-hybridized carbons (Fsp3) is 0.647. The molecule has 0 spiro atoms. The van der Waals surface area contributed by atoms with E-state index >= 15 is 0 Å². The van der Waals surface area contributed by atoms with Gasteiger partial charge >= 0.3 is 0 Å². The summed E-state index contributed by atoms with van der Waals surface area (Å²) in [7, 11) is 0. The molecule has 0 bridgehead atoms.